The van der Waals surface area contributed by atoms with Gasteiger partial charge in [0.1, 0.15) is 5.82 Å². The molecule has 92 valence electrons. The van der Waals surface area contributed by atoms with Crippen LogP contribution in [0.1, 0.15) is 11.1 Å². The largest absolute Gasteiger partial charge is 0.330 e. The molecule has 3 heteroatoms. The van der Waals surface area contributed by atoms with Crippen LogP contribution in [0.15, 0.2) is 42.6 Å². The molecule has 0 saturated carbocycles. The zero-order valence-electron chi connectivity index (χ0n) is 10.3. The highest BCUT2D eigenvalue weighted by Crippen LogP contribution is 2.32. The number of benzene rings is 1. The molecule has 0 radical (unpaired) electrons. The molecule has 3 nitrogen and oxygen atoms in total. The Bertz CT molecular complexity index is 534. The van der Waals surface area contributed by atoms with Gasteiger partial charge in [0.2, 0.25) is 0 Å². The molecule has 1 aliphatic heterocycles. The Morgan fingerprint density at radius 3 is 2.83 bits per heavy atom. The molecule has 1 aliphatic rings. The van der Waals surface area contributed by atoms with E-state index in [-0.39, 0.29) is 0 Å². The van der Waals surface area contributed by atoms with Crippen molar-refractivity contribution < 1.29 is 0 Å². The first-order valence-corrected chi connectivity index (χ1v) is 6.39. The van der Waals surface area contributed by atoms with Crippen LogP contribution in [0.25, 0.3) is 0 Å². The SMILES string of the molecule is NCCc1ccc(N2CCc3ccccc32)nc1. The Morgan fingerprint density at radius 2 is 2.06 bits per heavy atom. The quantitative estimate of drug-likeness (QED) is 0.893. The molecular weight excluding hydrogens is 222 g/mol. The monoisotopic (exact) mass is 239 g/mol. The van der Waals surface area contributed by atoms with Gasteiger partial charge in [0.05, 0.1) is 0 Å². The third-order valence-corrected chi connectivity index (χ3v) is 3.41. The molecule has 2 heterocycles. The topological polar surface area (TPSA) is 42.1 Å². The van der Waals surface area contributed by atoms with Gasteiger partial charge in [-0.1, -0.05) is 24.3 Å². The molecule has 0 spiro atoms. The Morgan fingerprint density at radius 1 is 1.17 bits per heavy atom. The molecular formula is C15H17N3. The highest BCUT2D eigenvalue weighted by atomic mass is 15.2. The fourth-order valence-corrected chi connectivity index (χ4v) is 2.47. The summed E-state index contributed by atoms with van der Waals surface area (Å²) in [6.45, 7) is 1.69. The molecule has 0 bridgehead atoms. The average molecular weight is 239 g/mol. The van der Waals surface area contributed by atoms with Crippen LogP contribution in [-0.2, 0) is 12.8 Å². The van der Waals surface area contributed by atoms with E-state index in [0.717, 1.165) is 25.2 Å². The number of anilines is 2. The van der Waals surface area contributed by atoms with Gasteiger partial charge in [-0.2, -0.15) is 0 Å². The maximum atomic E-state index is 5.55. The molecule has 18 heavy (non-hydrogen) atoms. The Balaban J connectivity index is 1.88. The summed E-state index contributed by atoms with van der Waals surface area (Å²) in [5, 5.41) is 0. The van der Waals surface area contributed by atoms with Gasteiger partial charge in [0.25, 0.3) is 0 Å². The number of aromatic nitrogens is 1. The predicted octanol–water partition coefficient (Wildman–Crippen LogP) is 2.28. The van der Waals surface area contributed by atoms with Crippen LogP contribution in [-0.4, -0.2) is 18.1 Å². The lowest BCUT2D eigenvalue weighted by Gasteiger charge is -2.18. The summed E-state index contributed by atoms with van der Waals surface area (Å²) >= 11 is 0. The molecule has 0 aliphatic carbocycles. The smallest absolute Gasteiger partial charge is 0.132 e. The van der Waals surface area contributed by atoms with Crippen LogP contribution in [0.4, 0.5) is 11.5 Å². The molecule has 0 atom stereocenters. The minimum absolute atomic E-state index is 0.674. The Kier molecular flexibility index (Phi) is 2.99. The summed E-state index contributed by atoms with van der Waals surface area (Å²) in [5.74, 6) is 1.03. The highest BCUT2D eigenvalue weighted by Gasteiger charge is 2.20. The number of pyridine rings is 1. The standard InChI is InChI=1S/C15H17N3/c16-9-7-12-5-6-15(17-11-12)18-10-8-13-3-1-2-4-14(13)18/h1-6,11H,7-10,16H2. The third kappa shape index (κ3) is 1.97. The maximum absolute atomic E-state index is 5.55. The van der Waals surface area contributed by atoms with Gasteiger partial charge < -0.3 is 10.6 Å². The van der Waals surface area contributed by atoms with E-state index in [1.807, 2.05) is 6.20 Å². The van der Waals surface area contributed by atoms with Crippen molar-refractivity contribution in [3.63, 3.8) is 0 Å². The predicted molar refractivity (Wildman–Crippen MR) is 74.1 cm³/mol. The van der Waals surface area contributed by atoms with Gasteiger partial charge in [-0.3, -0.25) is 0 Å². The van der Waals surface area contributed by atoms with Crippen LogP contribution in [0.3, 0.4) is 0 Å². The lowest BCUT2D eigenvalue weighted by molar-refractivity contribution is 0.941. The first kappa shape index (κ1) is 11.2. The minimum Gasteiger partial charge on any atom is -0.330 e. The maximum Gasteiger partial charge on any atom is 0.132 e. The number of hydrogen-bond donors (Lipinski definition) is 1. The van der Waals surface area contributed by atoms with Crippen molar-refractivity contribution in [2.24, 2.45) is 5.73 Å². The molecule has 3 rings (SSSR count). The Hall–Kier alpha value is -1.87. The summed E-state index contributed by atoms with van der Waals surface area (Å²) in [5.41, 5.74) is 9.44. The zero-order valence-corrected chi connectivity index (χ0v) is 10.3. The van der Waals surface area contributed by atoms with E-state index in [1.165, 1.54) is 16.8 Å². The second-order valence-electron chi connectivity index (χ2n) is 4.59. The summed E-state index contributed by atoms with van der Waals surface area (Å²) in [4.78, 5) is 6.83. The molecule has 0 unspecified atom stereocenters. The third-order valence-electron chi connectivity index (χ3n) is 3.41. The molecule has 0 saturated heterocycles. The van der Waals surface area contributed by atoms with E-state index in [4.69, 9.17) is 5.73 Å². The van der Waals surface area contributed by atoms with E-state index in [1.54, 1.807) is 0 Å². The van der Waals surface area contributed by atoms with Crippen molar-refractivity contribution in [3.05, 3.63) is 53.7 Å². The lowest BCUT2D eigenvalue weighted by Crippen LogP contribution is -2.14. The summed E-state index contributed by atoms with van der Waals surface area (Å²) < 4.78 is 0. The van der Waals surface area contributed by atoms with Crippen molar-refractivity contribution in [3.8, 4) is 0 Å². The molecule has 2 N–H and O–H groups in total. The number of hydrogen-bond acceptors (Lipinski definition) is 3. The second kappa shape index (κ2) is 4.78. The molecule has 1 aromatic heterocycles. The number of para-hydroxylation sites is 1. The van der Waals surface area contributed by atoms with Gasteiger partial charge in [-0.25, -0.2) is 4.98 Å². The zero-order chi connectivity index (χ0) is 12.4. The van der Waals surface area contributed by atoms with E-state index in [9.17, 15) is 0 Å². The van der Waals surface area contributed by atoms with Crippen LogP contribution in [0.2, 0.25) is 0 Å². The van der Waals surface area contributed by atoms with E-state index in [2.05, 4.69) is 46.3 Å². The second-order valence-corrected chi connectivity index (χ2v) is 4.59. The van der Waals surface area contributed by atoms with Crippen LogP contribution >= 0.6 is 0 Å². The normalized spacial score (nSPS) is 13.7. The highest BCUT2D eigenvalue weighted by molar-refractivity contribution is 5.67. The summed E-state index contributed by atoms with van der Waals surface area (Å²) in [7, 11) is 0. The van der Waals surface area contributed by atoms with Crippen LogP contribution in [0, 0.1) is 0 Å². The Labute approximate surface area is 107 Å². The first-order valence-electron chi connectivity index (χ1n) is 6.39. The first-order chi connectivity index (χ1) is 8.88. The average Bonchev–Trinajstić information content (AvgIpc) is 2.84. The van der Waals surface area contributed by atoms with Crippen molar-refractivity contribution in [1.29, 1.82) is 0 Å². The van der Waals surface area contributed by atoms with Crippen LogP contribution < -0.4 is 10.6 Å². The number of rotatable bonds is 3. The van der Waals surface area contributed by atoms with E-state index >= 15 is 0 Å². The van der Waals surface area contributed by atoms with Gasteiger partial charge >= 0.3 is 0 Å². The van der Waals surface area contributed by atoms with Crippen molar-refractivity contribution in [2.75, 3.05) is 18.0 Å². The van der Waals surface area contributed by atoms with E-state index < -0.39 is 0 Å². The minimum atomic E-state index is 0.674. The van der Waals surface area contributed by atoms with Gasteiger partial charge in [0, 0.05) is 18.4 Å². The van der Waals surface area contributed by atoms with Gasteiger partial charge in [0.15, 0.2) is 0 Å². The van der Waals surface area contributed by atoms with E-state index in [0.29, 0.717) is 6.54 Å². The van der Waals surface area contributed by atoms with Crippen LogP contribution in [0.5, 0.6) is 0 Å². The van der Waals surface area contributed by atoms with Crippen molar-refractivity contribution in [1.82, 2.24) is 4.98 Å². The van der Waals surface area contributed by atoms with Gasteiger partial charge in [-0.05, 0) is 42.6 Å². The van der Waals surface area contributed by atoms with Crippen molar-refractivity contribution >= 4 is 11.5 Å². The number of nitrogens with two attached hydrogens (primary N) is 1. The van der Waals surface area contributed by atoms with Crippen molar-refractivity contribution in [2.45, 2.75) is 12.8 Å². The molecule has 1 aromatic carbocycles. The summed E-state index contributed by atoms with van der Waals surface area (Å²) in [6, 6.07) is 12.7. The molecule has 2 aromatic rings. The van der Waals surface area contributed by atoms with Gasteiger partial charge in [-0.15, -0.1) is 0 Å². The lowest BCUT2D eigenvalue weighted by atomic mass is 10.2. The fraction of sp³-hybridized carbons (Fsp3) is 0.267. The number of fused-ring (bicyclic) bond motifs is 1. The molecule has 0 amide bonds. The molecule has 0 fully saturated rings. The summed E-state index contributed by atoms with van der Waals surface area (Å²) in [6.07, 6.45) is 3.93. The number of nitrogens with zero attached hydrogens (tertiary/aromatic N) is 2. The fourth-order valence-electron chi connectivity index (χ4n) is 2.47.